The van der Waals surface area contributed by atoms with Crippen molar-refractivity contribution in [2.75, 3.05) is 0 Å². The molecular weight excluding hydrogens is 324 g/mol. The van der Waals surface area contributed by atoms with Crippen LogP contribution in [0.5, 0.6) is 0 Å². The summed E-state index contributed by atoms with van der Waals surface area (Å²) in [4.78, 5) is 21.1. The lowest BCUT2D eigenvalue weighted by Crippen LogP contribution is -2.49. The molecule has 2 bridgehead atoms. The minimum absolute atomic E-state index is 0.0923. The highest BCUT2D eigenvalue weighted by Crippen LogP contribution is 2.42. The quantitative estimate of drug-likeness (QED) is 0.785. The van der Waals surface area contributed by atoms with E-state index in [9.17, 15) is 4.79 Å². The van der Waals surface area contributed by atoms with Gasteiger partial charge in [-0.1, -0.05) is 32.4 Å². The predicted octanol–water partition coefficient (Wildman–Crippen LogP) is 3.53. The highest BCUT2D eigenvalue weighted by atomic mass is 16.2. The first-order valence-corrected chi connectivity index (χ1v) is 10.0. The Morgan fingerprint density at radius 3 is 2.58 bits per heavy atom. The largest absolute Gasteiger partial charge is 0.346 e. The maximum Gasteiger partial charge on any atom is 0.223 e. The molecule has 140 valence electrons. The first kappa shape index (κ1) is 17.5. The van der Waals surface area contributed by atoms with E-state index in [0.717, 1.165) is 29.7 Å². The van der Waals surface area contributed by atoms with Gasteiger partial charge in [0.05, 0.1) is 17.1 Å². The number of nitrogens with zero attached hydrogens (tertiary/aromatic N) is 1. The fraction of sp³-hybridized carbons (Fsp3) is 0.619. The van der Waals surface area contributed by atoms with E-state index in [2.05, 4.69) is 24.1 Å². The third-order valence-electron chi connectivity index (χ3n) is 6.45. The van der Waals surface area contributed by atoms with Crippen molar-refractivity contribution in [2.45, 2.75) is 58.0 Å². The number of imidazole rings is 1. The number of fused-ring (bicyclic) bond motifs is 3. The second kappa shape index (κ2) is 7.03. The average molecular weight is 354 g/mol. The van der Waals surface area contributed by atoms with Crippen LogP contribution in [0, 0.1) is 23.7 Å². The van der Waals surface area contributed by atoms with E-state index in [0.29, 0.717) is 17.9 Å². The number of nitrogens with two attached hydrogens (primary N) is 1. The predicted molar refractivity (Wildman–Crippen MR) is 103 cm³/mol. The van der Waals surface area contributed by atoms with Gasteiger partial charge in [-0.25, -0.2) is 4.98 Å². The van der Waals surface area contributed by atoms with Gasteiger partial charge in [-0.3, -0.25) is 4.79 Å². The van der Waals surface area contributed by atoms with Crippen molar-refractivity contribution in [1.82, 2.24) is 15.3 Å². The van der Waals surface area contributed by atoms with Crippen molar-refractivity contribution in [2.24, 2.45) is 29.4 Å². The van der Waals surface area contributed by atoms with Gasteiger partial charge in [0.2, 0.25) is 5.91 Å². The van der Waals surface area contributed by atoms with E-state index < -0.39 is 0 Å². The van der Waals surface area contributed by atoms with Crippen LogP contribution in [0.15, 0.2) is 24.3 Å². The number of para-hydroxylation sites is 2. The van der Waals surface area contributed by atoms with Crippen LogP contribution in [-0.4, -0.2) is 21.9 Å². The number of benzene rings is 1. The van der Waals surface area contributed by atoms with Crippen LogP contribution in [0.3, 0.4) is 0 Å². The van der Waals surface area contributed by atoms with Crippen molar-refractivity contribution in [1.29, 1.82) is 0 Å². The Hall–Kier alpha value is -1.88. The number of rotatable bonds is 4. The molecule has 3 unspecified atom stereocenters. The van der Waals surface area contributed by atoms with E-state index in [1.54, 1.807) is 0 Å². The van der Waals surface area contributed by atoms with Crippen molar-refractivity contribution in [3.05, 3.63) is 30.1 Å². The summed E-state index contributed by atoms with van der Waals surface area (Å²) in [6.07, 6.45) is 5.51. The van der Waals surface area contributed by atoms with Crippen molar-refractivity contribution < 1.29 is 4.79 Å². The van der Waals surface area contributed by atoms with Gasteiger partial charge >= 0.3 is 0 Å². The van der Waals surface area contributed by atoms with Gasteiger partial charge in [0.25, 0.3) is 0 Å². The maximum absolute atomic E-state index is 13.0. The van der Waals surface area contributed by atoms with Crippen LogP contribution >= 0.6 is 0 Å². The lowest BCUT2D eigenvalue weighted by molar-refractivity contribution is -0.129. The van der Waals surface area contributed by atoms with E-state index in [-0.39, 0.29) is 23.8 Å². The maximum atomic E-state index is 13.0. The summed E-state index contributed by atoms with van der Waals surface area (Å²) in [6.45, 7) is 4.26. The second-order valence-electron chi connectivity index (χ2n) is 8.57. The Labute approximate surface area is 155 Å². The number of hydrogen-bond donors (Lipinski definition) is 3. The summed E-state index contributed by atoms with van der Waals surface area (Å²) in [7, 11) is 0. The molecule has 4 N–H and O–H groups in total. The standard InChI is InChI=1S/C21H30N4O/c1-12(2)19(20-23-16-8-3-4-9-17(16)24-20)25-21(26)15-10-13-6-5-7-14(11-15)18(13)22/h3-4,8-9,12-15,18-19H,5-7,10-11,22H2,1-2H3,(H,23,24)(H,25,26). The molecule has 1 heterocycles. The summed E-state index contributed by atoms with van der Waals surface area (Å²) in [5.74, 6) is 2.42. The lowest BCUT2D eigenvalue weighted by Gasteiger charge is -2.43. The van der Waals surface area contributed by atoms with Crippen LogP contribution in [-0.2, 0) is 4.79 Å². The summed E-state index contributed by atoms with van der Waals surface area (Å²) < 4.78 is 0. The Kier molecular flexibility index (Phi) is 4.74. The number of hydrogen-bond acceptors (Lipinski definition) is 3. The number of carbonyl (C=O) groups excluding carboxylic acids is 1. The molecule has 2 saturated carbocycles. The number of carbonyl (C=O) groups is 1. The lowest BCUT2D eigenvalue weighted by atomic mass is 9.65. The fourth-order valence-corrected chi connectivity index (χ4v) is 4.94. The number of aromatic nitrogens is 2. The fourth-order valence-electron chi connectivity index (χ4n) is 4.94. The molecule has 1 aromatic carbocycles. The van der Waals surface area contributed by atoms with Crippen molar-refractivity contribution >= 4 is 16.9 Å². The number of aromatic amines is 1. The van der Waals surface area contributed by atoms with Crippen molar-refractivity contribution in [3.63, 3.8) is 0 Å². The van der Waals surface area contributed by atoms with Crippen LogP contribution < -0.4 is 11.1 Å². The molecule has 2 aliphatic rings. The monoisotopic (exact) mass is 354 g/mol. The van der Waals surface area contributed by atoms with E-state index >= 15 is 0 Å². The third kappa shape index (κ3) is 3.25. The molecule has 5 heteroatoms. The smallest absolute Gasteiger partial charge is 0.223 e. The highest BCUT2D eigenvalue weighted by molar-refractivity contribution is 5.80. The number of nitrogens with one attached hydrogen (secondary N) is 2. The van der Waals surface area contributed by atoms with E-state index in [1.165, 1.54) is 19.3 Å². The zero-order valence-corrected chi connectivity index (χ0v) is 15.7. The molecule has 3 atom stereocenters. The second-order valence-corrected chi connectivity index (χ2v) is 8.57. The molecule has 0 radical (unpaired) electrons. The molecular formula is C21H30N4O. The van der Waals surface area contributed by atoms with E-state index in [4.69, 9.17) is 10.7 Å². The summed E-state index contributed by atoms with van der Waals surface area (Å²) >= 11 is 0. The number of H-pyrrole nitrogens is 1. The molecule has 26 heavy (non-hydrogen) atoms. The first-order chi connectivity index (χ1) is 12.5. The van der Waals surface area contributed by atoms with Crippen LogP contribution in [0.4, 0.5) is 0 Å². The Morgan fingerprint density at radius 1 is 1.23 bits per heavy atom. The normalized spacial score (nSPS) is 29.7. The van der Waals surface area contributed by atoms with Gasteiger partial charge in [-0.15, -0.1) is 0 Å². The average Bonchev–Trinajstić information content (AvgIpc) is 3.02. The van der Waals surface area contributed by atoms with Gasteiger partial charge in [0.1, 0.15) is 5.82 Å². The first-order valence-electron chi connectivity index (χ1n) is 10.0. The molecule has 0 saturated heterocycles. The van der Waals surface area contributed by atoms with Gasteiger partial charge in [0, 0.05) is 12.0 Å². The Balaban J connectivity index is 1.50. The Morgan fingerprint density at radius 2 is 1.92 bits per heavy atom. The van der Waals surface area contributed by atoms with Gasteiger partial charge < -0.3 is 16.0 Å². The van der Waals surface area contributed by atoms with Crippen LogP contribution in [0.1, 0.15) is 57.8 Å². The van der Waals surface area contributed by atoms with Crippen molar-refractivity contribution in [3.8, 4) is 0 Å². The van der Waals surface area contributed by atoms with Gasteiger partial charge in [-0.05, 0) is 55.6 Å². The molecule has 0 aliphatic heterocycles. The molecule has 1 aromatic heterocycles. The van der Waals surface area contributed by atoms with Gasteiger partial charge in [-0.2, -0.15) is 0 Å². The third-order valence-corrected chi connectivity index (χ3v) is 6.45. The minimum atomic E-state index is -0.0923. The summed E-state index contributed by atoms with van der Waals surface area (Å²) in [5, 5.41) is 3.29. The van der Waals surface area contributed by atoms with Crippen LogP contribution in [0.2, 0.25) is 0 Å². The van der Waals surface area contributed by atoms with Crippen LogP contribution in [0.25, 0.3) is 11.0 Å². The molecule has 0 spiro atoms. The zero-order chi connectivity index (χ0) is 18.3. The molecule has 2 fully saturated rings. The highest BCUT2D eigenvalue weighted by Gasteiger charge is 2.41. The molecule has 2 aliphatic carbocycles. The zero-order valence-electron chi connectivity index (χ0n) is 15.7. The molecule has 1 amide bonds. The topological polar surface area (TPSA) is 83.8 Å². The number of amides is 1. The molecule has 2 aromatic rings. The Bertz CT molecular complexity index is 736. The summed E-state index contributed by atoms with van der Waals surface area (Å²) in [6, 6.07) is 8.21. The van der Waals surface area contributed by atoms with Gasteiger partial charge in [0.15, 0.2) is 0 Å². The molecule has 5 nitrogen and oxygen atoms in total. The SMILES string of the molecule is CC(C)C(NC(=O)C1CC2CCCC(C1)C2N)c1nc2ccccc2[nH]1. The van der Waals surface area contributed by atoms with E-state index in [1.807, 2.05) is 24.3 Å². The molecule has 4 rings (SSSR count). The minimum Gasteiger partial charge on any atom is -0.346 e. The summed E-state index contributed by atoms with van der Waals surface area (Å²) in [5.41, 5.74) is 8.34.